The van der Waals surface area contributed by atoms with Gasteiger partial charge in [0.1, 0.15) is 5.75 Å². The summed E-state index contributed by atoms with van der Waals surface area (Å²) >= 11 is 0. The molecule has 200 valence electrons. The normalized spacial score (nSPS) is 11.5. The molecule has 0 spiro atoms. The molecule has 4 aromatic carbocycles. The summed E-state index contributed by atoms with van der Waals surface area (Å²) in [6, 6.07) is 21.1. The minimum atomic E-state index is -3.98. The van der Waals surface area contributed by atoms with Gasteiger partial charge in [0, 0.05) is 29.1 Å². The van der Waals surface area contributed by atoms with Crippen molar-refractivity contribution in [2.75, 3.05) is 25.0 Å². The number of aromatic nitrogens is 1. The zero-order chi connectivity index (χ0) is 27.4. The van der Waals surface area contributed by atoms with Crippen LogP contribution in [0.2, 0.25) is 0 Å². The van der Waals surface area contributed by atoms with Gasteiger partial charge in [0.15, 0.2) is 23.1 Å². The zero-order valence-electron chi connectivity index (χ0n) is 21.1. The van der Waals surface area contributed by atoms with Crippen molar-refractivity contribution in [3.63, 3.8) is 0 Å². The van der Waals surface area contributed by atoms with Crippen LogP contribution in [0.1, 0.15) is 6.42 Å². The third-order valence-corrected chi connectivity index (χ3v) is 7.48. The molecule has 0 unspecified atom stereocenters. The minimum absolute atomic E-state index is 0.0632. The smallest absolute Gasteiger partial charge is 0.262 e. The molecule has 1 heterocycles. The second kappa shape index (κ2) is 11.1. The number of sulfonamides is 1. The average Bonchev–Trinajstić information content (AvgIpc) is 2.94. The number of nitrogens with two attached hydrogens (primary N) is 1. The lowest BCUT2D eigenvalue weighted by Crippen LogP contribution is -2.13. The Hall–Kier alpha value is -4.41. The lowest BCUT2D eigenvalue weighted by atomic mass is 10.1. The summed E-state index contributed by atoms with van der Waals surface area (Å²) in [4.78, 5) is 4.47. The topological polar surface area (TPSA) is 113 Å². The molecule has 0 aliphatic heterocycles. The third-order valence-electron chi connectivity index (χ3n) is 6.04. The first-order valence-electron chi connectivity index (χ1n) is 12.2. The van der Waals surface area contributed by atoms with Crippen LogP contribution in [0.15, 0.2) is 90.0 Å². The van der Waals surface area contributed by atoms with E-state index < -0.39 is 15.8 Å². The van der Waals surface area contributed by atoms with Crippen LogP contribution in [0.3, 0.4) is 0 Å². The van der Waals surface area contributed by atoms with Crippen molar-refractivity contribution >= 4 is 37.4 Å². The molecule has 39 heavy (non-hydrogen) atoms. The number of hydrogen-bond donors (Lipinski definition) is 2. The quantitative estimate of drug-likeness (QED) is 0.211. The van der Waals surface area contributed by atoms with E-state index in [0.29, 0.717) is 53.1 Å². The number of anilines is 1. The number of ether oxygens (including phenoxy) is 3. The number of methoxy groups -OCH3 is 1. The van der Waals surface area contributed by atoms with Gasteiger partial charge in [-0.15, -0.1) is 0 Å². The Bertz CT molecular complexity index is 1760. The summed E-state index contributed by atoms with van der Waals surface area (Å²) in [5, 5.41) is 1.94. The van der Waals surface area contributed by atoms with Crippen LogP contribution >= 0.6 is 0 Å². The molecule has 0 saturated carbocycles. The van der Waals surface area contributed by atoms with Gasteiger partial charge >= 0.3 is 0 Å². The van der Waals surface area contributed by atoms with Gasteiger partial charge < -0.3 is 19.9 Å². The summed E-state index contributed by atoms with van der Waals surface area (Å²) in [5.41, 5.74) is 6.17. The van der Waals surface area contributed by atoms with E-state index in [2.05, 4.69) is 9.71 Å². The third kappa shape index (κ3) is 5.57. The molecule has 1 aromatic heterocycles. The van der Waals surface area contributed by atoms with Gasteiger partial charge in [0.25, 0.3) is 10.0 Å². The number of hydrogen-bond acceptors (Lipinski definition) is 7. The fraction of sp³-hybridized carbons (Fsp3) is 0.138. The van der Waals surface area contributed by atoms with Crippen molar-refractivity contribution < 1.29 is 27.0 Å². The predicted octanol–water partition coefficient (Wildman–Crippen LogP) is 5.86. The Labute approximate surface area is 225 Å². The number of fused-ring (bicyclic) bond motifs is 2. The number of nitrogens with one attached hydrogen (secondary N) is 1. The van der Waals surface area contributed by atoms with E-state index in [1.165, 1.54) is 25.3 Å². The SMILES string of the molecule is COc1cc2c(Oc3ccc(NS(=O)(=O)c4cccc5ccccc45)cc3F)ccnc2cc1OCCCN. The maximum absolute atomic E-state index is 15.1. The average molecular weight is 548 g/mol. The predicted molar refractivity (Wildman–Crippen MR) is 149 cm³/mol. The van der Waals surface area contributed by atoms with Crippen molar-refractivity contribution in [3.05, 3.63) is 90.9 Å². The van der Waals surface area contributed by atoms with E-state index in [-0.39, 0.29) is 16.3 Å². The summed E-state index contributed by atoms with van der Waals surface area (Å²) in [5.74, 6) is 0.493. The number of rotatable bonds is 10. The van der Waals surface area contributed by atoms with Crippen LogP contribution in [-0.2, 0) is 10.0 Å². The highest BCUT2D eigenvalue weighted by atomic mass is 32.2. The maximum Gasteiger partial charge on any atom is 0.262 e. The lowest BCUT2D eigenvalue weighted by Gasteiger charge is -2.15. The van der Waals surface area contributed by atoms with E-state index in [0.717, 1.165) is 11.5 Å². The van der Waals surface area contributed by atoms with E-state index in [4.69, 9.17) is 19.9 Å². The van der Waals surface area contributed by atoms with Gasteiger partial charge in [-0.05, 0) is 48.7 Å². The van der Waals surface area contributed by atoms with Crippen LogP contribution in [0.5, 0.6) is 23.0 Å². The van der Waals surface area contributed by atoms with E-state index >= 15 is 4.39 Å². The van der Waals surface area contributed by atoms with Crippen molar-refractivity contribution in [1.82, 2.24) is 4.98 Å². The highest BCUT2D eigenvalue weighted by Gasteiger charge is 2.19. The monoisotopic (exact) mass is 547 g/mol. The molecule has 0 amide bonds. The lowest BCUT2D eigenvalue weighted by molar-refractivity contribution is 0.292. The minimum Gasteiger partial charge on any atom is -0.493 e. The molecule has 0 radical (unpaired) electrons. The van der Waals surface area contributed by atoms with Crippen LogP contribution in [0.25, 0.3) is 21.7 Å². The van der Waals surface area contributed by atoms with Crippen molar-refractivity contribution in [1.29, 1.82) is 0 Å². The molecule has 0 aliphatic rings. The molecule has 0 fully saturated rings. The first kappa shape index (κ1) is 26.2. The Morgan fingerprint density at radius 2 is 1.72 bits per heavy atom. The fourth-order valence-corrected chi connectivity index (χ4v) is 5.44. The Balaban J connectivity index is 1.41. The van der Waals surface area contributed by atoms with Gasteiger partial charge in [-0.3, -0.25) is 9.71 Å². The number of halogens is 1. The summed E-state index contributed by atoms with van der Waals surface area (Å²) in [6.45, 7) is 0.928. The highest BCUT2D eigenvalue weighted by Crippen LogP contribution is 2.38. The van der Waals surface area contributed by atoms with Gasteiger partial charge in [-0.2, -0.15) is 0 Å². The molecule has 0 saturated heterocycles. The van der Waals surface area contributed by atoms with Crippen molar-refractivity contribution in [2.24, 2.45) is 5.73 Å². The van der Waals surface area contributed by atoms with Crippen LogP contribution < -0.4 is 24.7 Å². The molecule has 5 aromatic rings. The molecule has 3 N–H and O–H groups in total. The van der Waals surface area contributed by atoms with Gasteiger partial charge in [0.05, 0.1) is 29.8 Å². The van der Waals surface area contributed by atoms with E-state index in [1.54, 1.807) is 42.6 Å². The molecule has 10 heteroatoms. The fourth-order valence-electron chi connectivity index (χ4n) is 4.16. The van der Waals surface area contributed by atoms with Crippen LogP contribution in [0, 0.1) is 5.82 Å². The Morgan fingerprint density at radius 1 is 0.897 bits per heavy atom. The van der Waals surface area contributed by atoms with Crippen LogP contribution in [0.4, 0.5) is 10.1 Å². The number of pyridine rings is 1. The molecule has 0 atom stereocenters. The van der Waals surface area contributed by atoms with E-state index in [9.17, 15) is 8.42 Å². The van der Waals surface area contributed by atoms with Crippen LogP contribution in [-0.4, -0.2) is 33.7 Å². The second-order valence-corrected chi connectivity index (χ2v) is 10.3. The summed E-state index contributed by atoms with van der Waals surface area (Å²) < 4.78 is 60.9. The maximum atomic E-state index is 15.1. The van der Waals surface area contributed by atoms with Gasteiger partial charge in [0.2, 0.25) is 0 Å². The molecule has 0 bridgehead atoms. The van der Waals surface area contributed by atoms with Gasteiger partial charge in [-0.1, -0.05) is 36.4 Å². The Kier molecular flexibility index (Phi) is 7.49. The van der Waals surface area contributed by atoms with Crippen molar-refractivity contribution in [2.45, 2.75) is 11.3 Å². The first-order valence-corrected chi connectivity index (χ1v) is 13.7. The van der Waals surface area contributed by atoms with E-state index in [1.807, 2.05) is 18.2 Å². The molecule has 5 rings (SSSR count). The molecular weight excluding hydrogens is 521 g/mol. The van der Waals surface area contributed by atoms with Gasteiger partial charge in [-0.25, -0.2) is 12.8 Å². The highest BCUT2D eigenvalue weighted by molar-refractivity contribution is 7.93. The number of nitrogens with zero attached hydrogens (tertiary/aromatic N) is 1. The molecular formula is C29H26FN3O5S. The summed E-state index contributed by atoms with van der Waals surface area (Å²) in [7, 11) is -2.46. The Morgan fingerprint density at radius 3 is 2.51 bits per heavy atom. The van der Waals surface area contributed by atoms with Crippen molar-refractivity contribution in [3.8, 4) is 23.0 Å². The largest absolute Gasteiger partial charge is 0.493 e. The summed E-state index contributed by atoms with van der Waals surface area (Å²) in [6.07, 6.45) is 2.23. The second-order valence-electron chi connectivity index (χ2n) is 8.65. The molecule has 0 aliphatic carbocycles. The zero-order valence-corrected chi connectivity index (χ0v) is 21.9. The first-order chi connectivity index (χ1) is 18.9. The number of benzene rings is 4. The standard InChI is InChI=1S/C29H26FN3O5S/c1-36-27-17-22-24(18-28(27)37-15-5-13-31)32-14-12-25(22)38-26-11-10-20(16-23(26)30)33-39(34,35)29-9-4-7-19-6-2-3-8-21(19)29/h2-4,6-12,14,16-18,33H,5,13,15,31H2,1H3. The molecule has 8 nitrogen and oxygen atoms in total.